The molecule has 0 bridgehead atoms. The predicted octanol–water partition coefficient (Wildman–Crippen LogP) is 3.64. The van der Waals surface area contributed by atoms with Crippen molar-refractivity contribution in [2.75, 3.05) is 20.1 Å². The van der Waals surface area contributed by atoms with Gasteiger partial charge in [-0.25, -0.2) is 0 Å². The minimum Gasteiger partial charge on any atom is -0.481 e. The van der Waals surface area contributed by atoms with Crippen molar-refractivity contribution >= 4 is 5.97 Å². The molecule has 1 heterocycles. The zero-order chi connectivity index (χ0) is 15.5. The van der Waals surface area contributed by atoms with Crippen molar-refractivity contribution in [2.45, 2.75) is 50.9 Å². The van der Waals surface area contributed by atoms with E-state index in [0.717, 1.165) is 12.1 Å². The van der Waals surface area contributed by atoms with Gasteiger partial charge in [-0.3, -0.25) is 4.79 Å². The second-order valence-electron chi connectivity index (χ2n) is 7.01. The third-order valence-corrected chi connectivity index (χ3v) is 4.71. The minimum absolute atomic E-state index is 0.167. The second-order valence-corrected chi connectivity index (χ2v) is 7.01. The van der Waals surface area contributed by atoms with Gasteiger partial charge in [-0.2, -0.15) is 0 Å². The SMILES string of the molecule is CN1CCCC(c2ccc(C(C)(C)CC(=O)O)cc2)CC1. The van der Waals surface area contributed by atoms with E-state index < -0.39 is 5.97 Å². The van der Waals surface area contributed by atoms with Gasteiger partial charge in [0.15, 0.2) is 0 Å². The summed E-state index contributed by atoms with van der Waals surface area (Å²) in [5, 5.41) is 9.02. The predicted molar refractivity (Wildman–Crippen MR) is 85.8 cm³/mol. The van der Waals surface area contributed by atoms with Gasteiger partial charge in [-0.05, 0) is 56.4 Å². The van der Waals surface area contributed by atoms with E-state index in [2.05, 4.69) is 36.2 Å². The first kappa shape index (κ1) is 16.0. The Morgan fingerprint density at radius 3 is 2.52 bits per heavy atom. The largest absolute Gasteiger partial charge is 0.481 e. The molecule has 1 atom stereocenters. The molecule has 1 aromatic carbocycles. The van der Waals surface area contributed by atoms with Crippen LogP contribution in [0.25, 0.3) is 0 Å². The number of carbonyl (C=O) groups is 1. The number of carboxylic acid groups (broad SMARTS) is 1. The maximum absolute atomic E-state index is 11.0. The van der Waals surface area contributed by atoms with Crippen LogP contribution in [0.3, 0.4) is 0 Å². The monoisotopic (exact) mass is 289 g/mol. The molecule has 0 spiro atoms. The smallest absolute Gasteiger partial charge is 0.304 e. The van der Waals surface area contributed by atoms with Crippen LogP contribution in [0.1, 0.15) is 56.6 Å². The number of aliphatic carboxylic acids is 1. The Bertz CT molecular complexity index is 478. The summed E-state index contributed by atoms with van der Waals surface area (Å²) in [4.78, 5) is 13.4. The number of hydrogen-bond acceptors (Lipinski definition) is 2. The molecule has 1 aromatic rings. The topological polar surface area (TPSA) is 40.5 Å². The number of carboxylic acids is 1. The Morgan fingerprint density at radius 2 is 1.90 bits per heavy atom. The molecule has 3 nitrogen and oxygen atoms in total. The molecule has 21 heavy (non-hydrogen) atoms. The van der Waals surface area contributed by atoms with Crippen molar-refractivity contribution in [3.63, 3.8) is 0 Å². The number of nitrogens with zero attached hydrogens (tertiary/aromatic N) is 1. The van der Waals surface area contributed by atoms with E-state index in [-0.39, 0.29) is 11.8 Å². The molecule has 0 radical (unpaired) electrons. The number of rotatable bonds is 4. The second kappa shape index (κ2) is 6.61. The van der Waals surface area contributed by atoms with Crippen LogP contribution in [-0.2, 0) is 10.2 Å². The summed E-state index contributed by atoms with van der Waals surface area (Å²) in [6.45, 7) is 6.35. The average Bonchev–Trinajstić information content (AvgIpc) is 2.62. The number of likely N-dealkylation sites (tertiary alicyclic amines) is 1. The van der Waals surface area contributed by atoms with Gasteiger partial charge < -0.3 is 10.0 Å². The van der Waals surface area contributed by atoms with Crippen LogP contribution < -0.4 is 0 Å². The fourth-order valence-corrected chi connectivity index (χ4v) is 3.26. The molecule has 3 heteroatoms. The van der Waals surface area contributed by atoms with Gasteiger partial charge in [0.1, 0.15) is 0 Å². The van der Waals surface area contributed by atoms with Gasteiger partial charge in [0, 0.05) is 5.41 Å². The van der Waals surface area contributed by atoms with Crippen LogP contribution in [0.5, 0.6) is 0 Å². The first-order chi connectivity index (χ1) is 9.88. The van der Waals surface area contributed by atoms with E-state index in [0.29, 0.717) is 5.92 Å². The molecule has 0 amide bonds. The van der Waals surface area contributed by atoms with Crippen LogP contribution in [0.4, 0.5) is 0 Å². The summed E-state index contributed by atoms with van der Waals surface area (Å²) in [5.41, 5.74) is 2.20. The molecule has 1 N–H and O–H groups in total. The fourth-order valence-electron chi connectivity index (χ4n) is 3.26. The van der Waals surface area contributed by atoms with Gasteiger partial charge in [0.25, 0.3) is 0 Å². The van der Waals surface area contributed by atoms with Gasteiger partial charge in [0.05, 0.1) is 6.42 Å². The molecule has 116 valence electrons. The molecule has 2 rings (SSSR count). The lowest BCUT2D eigenvalue weighted by Gasteiger charge is -2.24. The quantitative estimate of drug-likeness (QED) is 0.920. The summed E-state index contributed by atoms with van der Waals surface area (Å²) < 4.78 is 0. The van der Waals surface area contributed by atoms with Crippen molar-refractivity contribution < 1.29 is 9.90 Å². The van der Waals surface area contributed by atoms with Gasteiger partial charge >= 0.3 is 5.97 Å². The van der Waals surface area contributed by atoms with Gasteiger partial charge in [-0.1, -0.05) is 38.1 Å². The molecule has 1 unspecified atom stereocenters. The van der Waals surface area contributed by atoms with Crippen molar-refractivity contribution in [1.82, 2.24) is 4.90 Å². The highest BCUT2D eigenvalue weighted by atomic mass is 16.4. The Labute approximate surface area is 128 Å². The van der Waals surface area contributed by atoms with E-state index in [1.54, 1.807) is 0 Å². The van der Waals surface area contributed by atoms with Gasteiger partial charge in [-0.15, -0.1) is 0 Å². The van der Waals surface area contributed by atoms with E-state index >= 15 is 0 Å². The molecular formula is C18H27NO2. The van der Waals surface area contributed by atoms with Gasteiger partial charge in [0.2, 0.25) is 0 Å². The fraction of sp³-hybridized carbons (Fsp3) is 0.611. The zero-order valence-corrected chi connectivity index (χ0v) is 13.4. The van der Waals surface area contributed by atoms with Crippen LogP contribution in [0.2, 0.25) is 0 Å². The molecule has 1 aliphatic rings. The standard InChI is InChI=1S/C18H27NO2/c1-18(2,13-17(20)21)16-8-6-15(7-9-16)14-5-4-11-19(3)12-10-14/h6-9,14H,4-5,10-13H2,1-3H3,(H,20,21). The molecule has 1 aliphatic heterocycles. The maximum Gasteiger partial charge on any atom is 0.304 e. The van der Waals surface area contributed by atoms with Crippen molar-refractivity contribution in [3.05, 3.63) is 35.4 Å². The van der Waals surface area contributed by atoms with Crippen LogP contribution in [0.15, 0.2) is 24.3 Å². The normalized spacial score (nSPS) is 21.0. The maximum atomic E-state index is 11.0. The number of hydrogen-bond donors (Lipinski definition) is 1. The molecule has 0 saturated carbocycles. The Kier molecular flexibility index (Phi) is 5.04. The van der Waals surface area contributed by atoms with Crippen LogP contribution >= 0.6 is 0 Å². The summed E-state index contributed by atoms with van der Waals surface area (Å²) in [5.74, 6) is -0.0949. The highest BCUT2D eigenvalue weighted by Crippen LogP contribution is 2.31. The first-order valence-corrected chi connectivity index (χ1v) is 7.89. The Morgan fingerprint density at radius 1 is 1.24 bits per heavy atom. The lowest BCUT2D eigenvalue weighted by Crippen LogP contribution is -2.21. The zero-order valence-electron chi connectivity index (χ0n) is 13.4. The summed E-state index contributed by atoms with van der Waals surface area (Å²) in [6.07, 6.45) is 3.89. The molecule has 1 fully saturated rings. The summed E-state index contributed by atoms with van der Waals surface area (Å²) in [6, 6.07) is 8.64. The highest BCUT2D eigenvalue weighted by molar-refractivity contribution is 5.68. The van der Waals surface area contributed by atoms with E-state index in [1.807, 2.05) is 13.8 Å². The summed E-state index contributed by atoms with van der Waals surface area (Å²) in [7, 11) is 2.19. The highest BCUT2D eigenvalue weighted by Gasteiger charge is 2.24. The average molecular weight is 289 g/mol. The van der Waals surface area contributed by atoms with Crippen LogP contribution in [0, 0.1) is 0 Å². The van der Waals surface area contributed by atoms with Crippen LogP contribution in [-0.4, -0.2) is 36.1 Å². The van der Waals surface area contributed by atoms with E-state index in [4.69, 9.17) is 5.11 Å². The van der Waals surface area contributed by atoms with Crippen molar-refractivity contribution in [1.29, 1.82) is 0 Å². The Balaban J connectivity index is 2.09. The molecule has 0 aromatic heterocycles. The third-order valence-electron chi connectivity index (χ3n) is 4.71. The van der Waals surface area contributed by atoms with E-state index in [9.17, 15) is 4.79 Å². The molecular weight excluding hydrogens is 262 g/mol. The minimum atomic E-state index is -0.740. The molecule has 1 saturated heterocycles. The lowest BCUT2D eigenvalue weighted by molar-refractivity contribution is -0.138. The number of benzene rings is 1. The van der Waals surface area contributed by atoms with Crippen molar-refractivity contribution in [3.8, 4) is 0 Å². The summed E-state index contributed by atoms with van der Waals surface area (Å²) >= 11 is 0. The third kappa shape index (κ3) is 4.31. The van der Waals surface area contributed by atoms with Crippen molar-refractivity contribution in [2.24, 2.45) is 0 Å². The first-order valence-electron chi connectivity index (χ1n) is 7.89. The lowest BCUT2D eigenvalue weighted by atomic mass is 9.80. The molecule has 0 aliphatic carbocycles. The Hall–Kier alpha value is -1.35. The van der Waals surface area contributed by atoms with E-state index in [1.165, 1.54) is 31.4 Å².